The van der Waals surface area contributed by atoms with Crippen LogP contribution in [0.4, 0.5) is 4.79 Å². The van der Waals surface area contributed by atoms with Crippen molar-refractivity contribution in [1.29, 1.82) is 0 Å². The Morgan fingerprint density at radius 1 is 1.54 bits per heavy atom. The first-order valence-electron chi connectivity index (χ1n) is 4.09. The van der Waals surface area contributed by atoms with Crippen molar-refractivity contribution in [1.82, 2.24) is 10.6 Å². The molecule has 0 aromatic rings. The zero-order valence-electron chi connectivity index (χ0n) is 7.54. The molecule has 0 spiro atoms. The minimum atomic E-state index is -1.04. The molecular weight excluding hydrogens is 174 g/mol. The van der Waals surface area contributed by atoms with E-state index in [1.807, 2.05) is 0 Å². The first-order valence-corrected chi connectivity index (χ1v) is 4.09. The summed E-state index contributed by atoms with van der Waals surface area (Å²) < 4.78 is 0. The van der Waals surface area contributed by atoms with E-state index < -0.39 is 18.0 Å². The molecule has 6 heteroatoms. The molecule has 1 atom stereocenters. The van der Waals surface area contributed by atoms with Gasteiger partial charge in [0.15, 0.2) is 0 Å². The fourth-order valence-corrected chi connectivity index (χ4v) is 0.733. The smallest absolute Gasteiger partial charge is 0.326 e. The highest BCUT2D eigenvalue weighted by molar-refractivity contribution is 5.82. The Labute approximate surface area is 76.5 Å². The van der Waals surface area contributed by atoms with Crippen LogP contribution >= 0.6 is 0 Å². The molecule has 13 heavy (non-hydrogen) atoms. The normalized spacial score (nSPS) is 11.8. The second-order valence-electron chi connectivity index (χ2n) is 2.49. The largest absolute Gasteiger partial charge is 0.480 e. The molecule has 0 aromatic heterocycles. The standard InChI is InChI=1S/C7H15N3O3/c1-2-5(6(11)12)10-7(13)9-4-3-8/h5H,2-4,8H2,1H3,(H,11,12)(H2,9,10,13)/t5-/m1/s1. The summed E-state index contributed by atoms with van der Waals surface area (Å²) in [6.45, 7) is 2.35. The third-order valence-electron chi connectivity index (χ3n) is 1.44. The molecule has 0 aliphatic rings. The molecule has 0 aliphatic carbocycles. The quantitative estimate of drug-likeness (QED) is 0.450. The minimum absolute atomic E-state index is 0.331. The average molecular weight is 189 g/mol. The Morgan fingerprint density at radius 2 is 2.15 bits per heavy atom. The molecule has 0 heterocycles. The highest BCUT2D eigenvalue weighted by atomic mass is 16.4. The number of carbonyl (C=O) groups excluding carboxylic acids is 1. The number of rotatable bonds is 5. The number of urea groups is 1. The molecule has 0 saturated heterocycles. The lowest BCUT2D eigenvalue weighted by molar-refractivity contribution is -0.139. The zero-order chi connectivity index (χ0) is 10.3. The maximum atomic E-state index is 10.9. The molecule has 0 aliphatic heterocycles. The predicted molar refractivity (Wildman–Crippen MR) is 47.3 cm³/mol. The second kappa shape index (κ2) is 6.24. The Kier molecular flexibility index (Phi) is 5.62. The van der Waals surface area contributed by atoms with Crippen LogP contribution in [-0.2, 0) is 4.79 Å². The SMILES string of the molecule is CC[C@@H](NC(=O)NCCN)C(=O)O. The van der Waals surface area contributed by atoms with Crippen LogP contribution < -0.4 is 16.4 Å². The second-order valence-corrected chi connectivity index (χ2v) is 2.49. The van der Waals surface area contributed by atoms with E-state index in [-0.39, 0.29) is 0 Å². The van der Waals surface area contributed by atoms with Gasteiger partial charge in [0.25, 0.3) is 0 Å². The molecular formula is C7H15N3O3. The van der Waals surface area contributed by atoms with Gasteiger partial charge in [-0.05, 0) is 6.42 Å². The highest BCUT2D eigenvalue weighted by Crippen LogP contribution is 1.89. The number of aliphatic carboxylic acids is 1. The minimum Gasteiger partial charge on any atom is -0.480 e. The van der Waals surface area contributed by atoms with Gasteiger partial charge in [0.2, 0.25) is 0 Å². The fraction of sp³-hybridized carbons (Fsp3) is 0.714. The molecule has 0 radical (unpaired) electrons. The summed E-state index contributed by atoms with van der Waals surface area (Å²) in [5.41, 5.74) is 5.14. The van der Waals surface area contributed by atoms with Crippen molar-refractivity contribution >= 4 is 12.0 Å². The van der Waals surface area contributed by atoms with Gasteiger partial charge >= 0.3 is 12.0 Å². The van der Waals surface area contributed by atoms with Gasteiger partial charge in [-0.15, -0.1) is 0 Å². The van der Waals surface area contributed by atoms with Crippen molar-refractivity contribution in [3.63, 3.8) is 0 Å². The summed E-state index contributed by atoms with van der Waals surface area (Å²) in [6, 6.07) is -1.34. The van der Waals surface area contributed by atoms with Crippen LogP contribution in [0.2, 0.25) is 0 Å². The summed E-state index contributed by atoms with van der Waals surface area (Å²) in [5, 5.41) is 13.3. The molecule has 0 bridgehead atoms. The average Bonchev–Trinajstić information content (AvgIpc) is 2.10. The number of nitrogens with two attached hydrogens (primary N) is 1. The van der Waals surface area contributed by atoms with Crippen molar-refractivity contribution in [2.24, 2.45) is 5.73 Å². The number of hydrogen-bond acceptors (Lipinski definition) is 3. The number of amides is 2. The maximum Gasteiger partial charge on any atom is 0.326 e. The molecule has 0 saturated carbocycles. The maximum absolute atomic E-state index is 10.9. The lowest BCUT2D eigenvalue weighted by Crippen LogP contribution is -2.46. The van der Waals surface area contributed by atoms with Crippen molar-refractivity contribution in [2.75, 3.05) is 13.1 Å². The van der Waals surface area contributed by atoms with E-state index in [1.165, 1.54) is 0 Å². The summed E-state index contributed by atoms with van der Waals surface area (Å²) >= 11 is 0. The predicted octanol–water partition coefficient (Wildman–Crippen LogP) is -0.892. The van der Waals surface area contributed by atoms with E-state index in [1.54, 1.807) is 6.92 Å². The number of carboxylic acid groups (broad SMARTS) is 1. The molecule has 0 unspecified atom stereocenters. The van der Waals surface area contributed by atoms with Gasteiger partial charge in [0, 0.05) is 13.1 Å². The van der Waals surface area contributed by atoms with E-state index in [0.717, 1.165) is 0 Å². The lowest BCUT2D eigenvalue weighted by Gasteiger charge is -2.12. The lowest BCUT2D eigenvalue weighted by atomic mass is 10.2. The van der Waals surface area contributed by atoms with Gasteiger partial charge < -0.3 is 21.5 Å². The number of hydrogen-bond donors (Lipinski definition) is 4. The van der Waals surface area contributed by atoms with Crippen LogP contribution in [-0.4, -0.2) is 36.2 Å². The third kappa shape index (κ3) is 5.02. The van der Waals surface area contributed by atoms with Crippen LogP contribution in [0.15, 0.2) is 0 Å². The van der Waals surface area contributed by atoms with Crippen molar-refractivity contribution in [2.45, 2.75) is 19.4 Å². The number of carbonyl (C=O) groups is 2. The van der Waals surface area contributed by atoms with E-state index >= 15 is 0 Å². The summed E-state index contributed by atoms with van der Waals surface area (Å²) in [4.78, 5) is 21.4. The first kappa shape index (κ1) is 11.7. The summed E-state index contributed by atoms with van der Waals surface area (Å²) in [6.07, 6.45) is 0.353. The van der Waals surface area contributed by atoms with E-state index in [9.17, 15) is 9.59 Å². The Bertz CT molecular complexity index is 184. The summed E-state index contributed by atoms with van der Waals surface area (Å²) in [5.74, 6) is -1.04. The first-order chi connectivity index (χ1) is 6.11. The highest BCUT2D eigenvalue weighted by Gasteiger charge is 2.16. The van der Waals surface area contributed by atoms with Crippen molar-refractivity contribution in [3.8, 4) is 0 Å². The Balaban J connectivity index is 3.80. The van der Waals surface area contributed by atoms with Gasteiger partial charge in [-0.3, -0.25) is 0 Å². The van der Waals surface area contributed by atoms with Gasteiger partial charge in [0.1, 0.15) is 6.04 Å². The van der Waals surface area contributed by atoms with Crippen LogP contribution in [0.3, 0.4) is 0 Å². The molecule has 0 fully saturated rings. The molecule has 0 aromatic carbocycles. The van der Waals surface area contributed by atoms with E-state index in [4.69, 9.17) is 10.8 Å². The van der Waals surface area contributed by atoms with Crippen LogP contribution in [0.1, 0.15) is 13.3 Å². The monoisotopic (exact) mass is 189 g/mol. The summed E-state index contributed by atoms with van der Waals surface area (Å²) in [7, 11) is 0. The molecule has 6 nitrogen and oxygen atoms in total. The molecule has 2 amide bonds. The van der Waals surface area contributed by atoms with Crippen molar-refractivity contribution < 1.29 is 14.7 Å². The number of nitrogens with one attached hydrogen (secondary N) is 2. The third-order valence-corrected chi connectivity index (χ3v) is 1.44. The molecule has 5 N–H and O–H groups in total. The van der Waals surface area contributed by atoms with Gasteiger partial charge in [-0.25, -0.2) is 9.59 Å². The van der Waals surface area contributed by atoms with Crippen LogP contribution in [0.25, 0.3) is 0 Å². The molecule has 0 rings (SSSR count). The van der Waals surface area contributed by atoms with Gasteiger partial charge in [-0.2, -0.15) is 0 Å². The van der Waals surface area contributed by atoms with Gasteiger partial charge in [-0.1, -0.05) is 6.92 Å². The van der Waals surface area contributed by atoms with Crippen molar-refractivity contribution in [3.05, 3.63) is 0 Å². The zero-order valence-corrected chi connectivity index (χ0v) is 7.54. The fourth-order valence-electron chi connectivity index (χ4n) is 0.733. The Hall–Kier alpha value is -1.30. The van der Waals surface area contributed by atoms with Gasteiger partial charge in [0.05, 0.1) is 0 Å². The molecule has 76 valence electrons. The number of carboxylic acids is 1. The van der Waals surface area contributed by atoms with E-state index in [0.29, 0.717) is 19.5 Å². The van der Waals surface area contributed by atoms with E-state index in [2.05, 4.69) is 10.6 Å². The Morgan fingerprint density at radius 3 is 2.54 bits per heavy atom. The van der Waals surface area contributed by atoms with Crippen LogP contribution in [0, 0.1) is 0 Å². The van der Waals surface area contributed by atoms with Crippen LogP contribution in [0.5, 0.6) is 0 Å². The topological polar surface area (TPSA) is 104 Å².